The molecule has 1 aliphatic heterocycles. The third-order valence-corrected chi connectivity index (χ3v) is 9.99. The van der Waals surface area contributed by atoms with Crippen molar-refractivity contribution in [3.8, 4) is 5.75 Å². The van der Waals surface area contributed by atoms with Crippen LogP contribution in [0.25, 0.3) is 0 Å². The monoisotopic (exact) mass is 434 g/mol. The van der Waals surface area contributed by atoms with E-state index in [4.69, 9.17) is 14.2 Å². The van der Waals surface area contributed by atoms with E-state index >= 15 is 0 Å². The van der Waals surface area contributed by atoms with Crippen LogP contribution in [0.3, 0.4) is 0 Å². The third-order valence-electron chi connectivity index (χ3n) is 9.99. The molecule has 1 spiro atoms. The summed E-state index contributed by atoms with van der Waals surface area (Å²) in [5, 5.41) is 0. The van der Waals surface area contributed by atoms with Gasteiger partial charge in [-0.05, 0) is 42.4 Å². The molecule has 1 saturated heterocycles. The predicted octanol–water partition coefficient (Wildman–Crippen LogP) is 5.22. The van der Waals surface area contributed by atoms with E-state index < -0.39 is 5.79 Å². The fourth-order valence-corrected chi connectivity index (χ4v) is 8.83. The number of allylic oxidation sites excluding steroid dienone is 3. The van der Waals surface area contributed by atoms with Crippen molar-refractivity contribution in [1.82, 2.24) is 0 Å². The highest BCUT2D eigenvalue weighted by atomic mass is 16.7. The lowest BCUT2D eigenvalue weighted by Gasteiger charge is -2.53. The van der Waals surface area contributed by atoms with Crippen LogP contribution in [0, 0.1) is 28.6 Å². The Morgan fingerprint density at radius 3 is 2.53 bits per heavy atom. The van der Waals surface area contributed by atoms with Gasteiger partial charge in [0.25, 0.3) is 0 Å². The van der Waals surface area contributed by atoms with Crippen LogP contribution in [0.5, 0.6) is 5.75 Å². The van der Waals surface area contributed by atoms with Gasteiger partial charge in [-0.2, -0.15) is 0 Å². The Bertz CT molecular complexity index is 974. The highest BCUT2D eigenvalue weighted by Gasteiger charge is 2.82. The van der Waals surface area contributed by atoms with E-state index in [0.717, 1.165) is 18.6 Å². The molecule has 0 aromatic heterocycles. The molecule has 32 heavy (non-hydrogen) atoms. The number of benzene rings is 1. The Labute approximate surface area is 191 Å². The Balaban J connectivity index is 1.61. The van der Waals surface area contributed by atoms with Crippen LogP contribution in [-0.4, -0.2) is 31.9 Å². The number of rotatable bonds is 4. The highest BCUT2D eigenvalue weighted by Crippen LogP contribution is 2.81. The molecular formula is C28H34O4. The number of ketones is 1. The zero-order valence-corrected chi connectivity index (χ0v) is 19.3. The molecular weight excluding hydrogens is 400 g/mol. The van der Waals surface area contributed by atoms with Crippen LogP contribution in [0.1, 0.15) is 51.0 Å². The number of carbonyl (C=O) groups excluding carboxylic acids is 1. The molecule has 170 valence electrons. The van der Waals surface area contributed by atoms with E-state index in [2.05, 4.69) is 37.8 Å². The van der Waals surface area contributed by atoms with Crippen molar-refractivity contribution < 1.29 is 19.0 Å². The van der Waals surface area contributed by atoms with Gasteiger partial charge in [0.05, 0.1) is 20.3 Å². The van der Waals surface area contributed by atoms with E-state index in [1.165, 1.54) is 18.4 Å². The van der Waals surface area contributed by atoms with Gasteiger partial charge in [-0.25, -0.2) is 0 Å². The van der Waals surface area contributed by atoms with E-state index in [1.54, 1.807) is 7.11 Å². The summed E-state index contributed by atoms with van der Waals surface area (Å²) in [5.74, 6) is 0.389. The van der Waals surface area contributed by atoms with Gasteiger partial charge in [-0.15, -0.1) is 6.58 Å². The molecule has 1 heterocycles. The van der Waals surface area contributed by atoms with Crippen LogP contribution in [0.15, 0.2) is 49.1 Å². The summed E-state index contributed by atoms with van der Waals surface area (Å²) in [5.41, 5.74) is 0.774. The summed E-state index contributed by atoms with van der Waals surface area (Å²) in [6.45, 7) is 7.64. The molecule has 6 rings (SSSR count). The van der Waals surface area contributed by atoms with Crippen LogP contribution < -0.4 is 4.74 Å². The van der Waals surface area contributed by atoms with Gasteiger partial charge >= 0.3 is 0 Å². The molecule has 4 aliphatic carbocycles. The van der Waals surface area contributed by atoms with E-state index in [9.17, 15) is 4.79 Å². The molecule has 0 radical (unpaired) electrons. The van der Waals surface area contributed by atoms with Crippen LogP contribution in [-0.2, 0) is 19.7 Å². The van der Waals surface area contributed by atoms with E-state index in [0.29, 0.717) is 31.8 Å². The predicted molar refractivity (Wildman–Crippen MR) is 122 cm³/mol. The first-order valence-electron chi connectivity index (χ1n) is 12.3. The number of ether oxygens (including phenoxy) is 3. The molecule has 5 aliphatic rings. The highest BCUT2D eigenvalue weighted by molar-refractivity contribution is 5.89. The second-order valence-corrected chi connectivity index (χ2v) is 10.8. The Hall–Kier alpha value is -1.91. The summed E-state index contributed by atoms with van der Waals surface area (Å²) < 4.78 is 18.5. The van der Waals surface area contributed by atoms with Crippen molar-refractivity contribution in [2.45, 2.75) is 56.7 Å². The maximum Gasteiger partial charge on any atom is 0.173 e. The van der Waals surface area contributed by atoms with Gasteiger partial charge in [-0.1, -0.05) is 50.1 Å². The summed E-state index contributed by atoms with van der Waals surface area (Å²) in [7, 11) is 1.70. The quantitative estimate of drug-likeness (QED) is 0.609. The van der Waals surface area contributed by atoms with Crippen molar-refractivity contribution in [3.63, 3.8) is 0 Å². The summed E-state index contributed by atoms with van der Waals surface area (Å²) >= 11 is 0. The second-order valence-electron chi connectivity index (χ2n) is 10.8. The topological polar surface area (TPSA) is 44.8 Å². The van der Waals surface area contributed by atoms with Gasteiger partial charge in [0, 0.05) is 35.0 Å². The van der Waals surface area contributed by atoms with Gasteiger partial charge in [0.1, 0.15) is 11.5 Å². The van der Waals surface area contributed by atoms with Crippen LogP contribution in [0.4, 0.5) is 0 Å². The lowest BCUT2D eigenvalue weighted by atomic mass is 9.52. The smallest absolute Gasteiger partial charge is 0.173 e. The SMILES string of the molecule is C=CC[C@H]1CC2(OCCO2)[C@H]2[C@@H](C1=O)[C@@]1(c3ccc(OC)cc3)C=C[C@@]23CCCC[C@]13C. The van der Waals surface area contributed by atoms with Crippen molar-refractivity contribution in [2.24, 2.45) is 28.6 Å². The van der Waals surface area contributed by atoms with Crippen molar-refractivity contribution in [3.05, 3.63) is 54.6 Å². The second kappa shape index (κ2) is 6.80. The number of hydrogen-bond acceptors (Lipinski definition) is 4. The maximum absolute atomic E-state index is 14.3. The molecule has 4 nitrogen and oxygen atoms in total. The summed E-state index contributed by atoms with van der Waals surface area (Å²) in [6, 6.07) is 8.47. The molecule has 0 amide bonds. The molecule has 3 saturated carbocycles. The average Bonchev–Trinajstić information content (AvgIpc) is 3.44. The summed E-state index contributed by atoms with van der Waals surface area (Å²) in [4.78, 5) is 14.3. The minimum absolute atomic E-state index is 0.0385. The molecule has 0 N–H and O–H groups in total. The Morgan fingerprint density at radius 1 is 1.12 bits per heavy atom. The maximum atomic E-state index is 14.3. The fourth-order valence-electron chi connectivity index (χ4n) is 8.83. The fraction of sp³-hybridized carbons (Fsp3) is 0.607. The molecule has 4 heteroatoms. The van der Waals surface area contributed by atoms with Gasteiger partial charge in [-0.3, -0.25) is 4.79 Å². The zero-order chi connectivity index (χ0) is 22.2. The molecule has 1 aromatic carbocycles. The van der Waals surface area contributed by atoms with Gasteiger partial charge in [0.2, 0.25) is 0 Å². The van der Waals surface area contributed by atoms with Gasteiger partial charge < -0.3 is 14.2 Å². The van der Waals surface area contributed by atoms with E-state index in [1.807, 2.05) is 18.2 Å². The van der Waals surface area contributed by atoms with Crippen molar-refractivity contribution >= 4 is 5.78 Å². The van der Waals surface area contributed by atoms with Crippen molar-refractivity contribution in [1.29, 1.82) is 0 Å². The lowest BCUT2D eigenvalue weighted by Crippen LogP contribution is -2.59. The third kappa shape index (κ3) is 2.19. The summed E-state index contributed by atoms with van der Waals surface area (Å²) in [6.07, 6.45) is 12.7. The lowest BCUT2D eigenvalue weighted by molar-refractivity contribution is -0.249. The number of Topliss-reactive ketones (excluding diaryl/α,β-unsaturated/α-hetero) is 1. The van der Waals surface area contributed by atoms with Crippen LogP contribution in [0.2, 0.25) is 0 Å². The Morgan fingerprint density at radius 2 is 1.84 bits per heavy atom. The molecule has 2 bridgehead atoms. The standard InChI is InChI=1S/C28H34O4/c1-4-7-19-18-28(31-16-17-32-28)24-22(23(19)29)27(20-8-10-21(30-3)11-9-20)15-14-26(24)13-6-5-12-25(26,27)2/h4,8-11,14-15,19,22,24H,1,5-7,12-13,16-18H2,2-3H3/t19-,22+,24-,25-,26-,27-/m0/s1. The first-order chi connectivity index (χ1) is 15.5. The average molecular weight is 435 g/mol. The number of fused-ring (bicyclic) bond motifs is 3. The van der Waals surface area contributed by atoms with E-state index in [-0.39, 0.29) is 34.0 Å². The molecule has 6 atom stereocenters. The van der Waals surface area contributed by atoms with Crippen LogP contribution >= 0.6 is 0 Å². The normalized spacial score (nSPS) is 43.3. The molecule has 1 aromatic rings. The minimum atomic E-state index is -0.663. The van der Waals surface area contributed by atoms with Crippen molar-refractivity contribution in [2.75, 3.05) is 20.3 Å². The number of hydrogen-bond donors (Lipinski definition) is 0. The molecule has 4 fully saturated rings. The van der Waals surface area contributed by atoms with Gasteiger partial charge in [0.15, 0.2) is 5.79 Å². The Kier molecular flexibility index (Phi) is 4.40. The molecule has 0 unspecified atom stereocenters. The number of methoxy groups -OCH3 is 1. The zero-order valence-electron chi connectivity index (χ0n) is 19.3. The first kappa shape index (κ1) is 20.7. The first-order valence-corrected chi connectivity index (χ1v) is 12.3. The minimum Gasteiger partial charge on any atom is -0.497 e. The largest absolute Gasteiger partial charge is 0.497 e. The number of carbonyl (C=O) groups is 1.